The Morgan fingerprint density at radius 3 is 2.67 bits per heavy atom. The molecule has 1 saturated heterocycles. The molecule has 2 rings (SSSR count). The fraction of sp³-hybridized carbons (Fsp3) is 0.500. The van der Waals surface area contributed by atoms with Crippen LogP contribution in [0.2, 0.25) is 0 Å². The van der Waals surface area contributed by atoms with Crippen molar-refractivity contribution in [2.45, 2.75) is 19.9 Å². The number of amides is 2. The van der Waals surface area contributed by atoms with Gasteiger partial charge in [0.1, 0.15) is 5.75 Å². The Morgan fingerprint density at radius 2 is 2.17 bits per heavy atom. The molecular formula is C14H20N2O2. The van der Waals surface area contributed by atoms with Gasteiger partial charge in [0.25, 0.3) is 0 Å². The van der Waals surface area contributed by atoms with Crippen LogP contribution in [-0.2, 0) is 0 Å². The predicted octanol–water partition coefficient (Wildman–Crippen LogP) is 2.43. The predicted molar refractivity (Wildman–Crippen MR) is 70.9 cm³/mol. The minimum absolute atomic E-state index is 0.107. The van der Waals surface area contributed by atoms with Crippen molar-refractivity contribution in [2.75, 3.05) is 27.2 Å². The summed E-state index contributed by atoms with van der Waals surface area (Å²) in [6.07, 6.45) is 0. The summed E-state index contributed by atoms with van der Waals surface area (Å²) in [4.78, 5) is 15.6. The summed E-state index contributed by atoms with van der Waals surface area (Å²) in [5, 5.41) is 0. The summed E-state index contributed by atoms with van der Waals surface area (Å²) in [6, 6.07) is 6.36. The van der Waals surface area contributed by atoms with Gasteiger partial charge in [0.2, 0.25) is 0 Å². The highest BCUT2D eigenvalue weighted by atomic mass is 16.5. The van der Waals surface area contributed by atoms with Crippen molar-refractivity contribution in [2.24, 2.45) is 0 Å². The number of likely N-dealkylation sites (N-methyl/N-ethyl adjacent to an activating group) is 2. The molecule has 4 heteroatoms. The first-order valence-corrected chi connectivity index (χ1v) is 6.24. The quantitative estimate of drug-likeness (QED) is 0.823. The van der Waals surface area contributed by atoms with Gasteiger partial charge in [-0.1, -0.05) is 12.1 Å². The molecule has 1 aliphatic rings. The van der Waals surface area contributed by atoms with E-state index in [2.05, 4.69) is 6.07 Å². The van der Waals surface area contributed by atoms with E-state index in [0.29, 0.717) is 0 Å². The highest BCUT2D eigenvalue weighted by Gasteiger charge is 2.34. The average molecular weight is 248 g/mol. The number of urea groups is 1. The van der Waals surface area contributed by atoms with E-state index in [1.807, 2.05) is 42.8 Å². The van der Waals surface area contributed by atoms with Gasteiger partial charge in [0.15, 0.2) is 0 Å². The molecule has 0 aliphatic carbocycles. The first kappa shape index (κ1) is 12.7. The first-order chi connectivity index (χ1) is 8.58. The lowest BCUT2D eigenvalue weighted by Crippen LogP contribution is -2.29. The molecule has 1 fully saturated rings. The summed E-state index contributed by atoms with van der Waals surface area (Å²) in [6.45, 7) is 5.55. The third-order valence-corrected chi connectivity index (χ3v) is 3.62. The third-order valence-electron chi connectivity index (χ3n) is 3.62. The maximum Gasteiger partial charge on any atom is 0.320 e. The minimum atomic E-state index is 0.107. The first-order valence-electron chi connectivity index (χ1n) is 6.24. The van der Waals surface area contributed by atoms with Gasteiger partial charge in [-0.15, -0.1) is 0 Å². The number of nitrogens with zero attached hydrogens (tertiary/aromatic N) is 2. The molecule has 1 aliphatic heterocycles. The van der Waals surface area contributed by atoms with Crippen LogP contribution >= 0.6 is 0 Å². The van der Waals surface area contributed by atoms with E-state index in [9.17, 15) is 4.79 Å². The maximum absolute atomic E-state index is 12.0. The van der Waals surface area contributed by atoms with Gasteiger partial charge in [-0.05, 0) is 31.0 Å². The summed E-state index contributed by atoms with van der Waals surface area (Å²) in [5.74, 6) is 0.887. The lowest BCUT2D eigenvalue weighted by Gasteiger charge is -2.19. The number of carbonyl (C=O) groups excluding carboxylic acids is 1. The number of methoxy groups -OCH3 is 1. The van der Waals surface area contributed by atoms with Gasteiger partial charge in [0.05, 0.1) is 13.2 Å². The number of hydrogen-bond donors (Lipinski definition) is 0. The second-order valence-electron chi connectivity index (χ2n) is 4.68. The van der Waals surface area contributed by atoms with Gasteiger partial charge >= 0.3 is 6.03 Å². The van der Waals surface area contributed by atoms with Gasteiger partial charge in [-0.3, -0.25) is 0 Å². The molecule has 1 unspecified atom stereocenters. The molecule has 2 amide bonds. The Kier molecular flexibility index (Phi) is 3.45. The fourth-order valence-electron chi connectivity index (χ4n) is 2.47. The molecule has 1 atom stereocenters. The largest absolute Gasteiger partial charge is 0.496 e. The Hall–Kier alpha value is -1.71. The molecule has 0 bridgehead atoms. The molecule has 18 heavy (non-hydrogen) atoms. The van der Waals surface area contributed by atoms with Gasteiger partial charge in [-0.25, -0.2) is 4.79 Å². The summed E-state index contributed by atoms with van der Waals surface area (Å²) in [7, 11) is 3.54. The second-order valence-corrected chi connectivity index (χ2v) is 4.68. The van der Waals surface area contributed by atoms with Crippen LogP contribution < -0.4 is 4.74 Å². The van der Waals surface area contributed by atoms with E-state index in [1.54, 1.807) is 7.11 Å². The number of ether oxygens (including phenoxy) is 1. The van der Waals surface area contributed by atoms with Crippen LogP contribution in [0, 0.1) is 6.92 Å². The van der Waals surface area contributed by atoms with Crippen molar-refractivity contribution in [3.05, 3.63) is 29.3 Å². The molecule has 0 radical (unpaired) electrons. The fourth-order valence-corrected chi connectivity index (χ4v) is 2.47. The van der Waals surface area contributed by atoms with Crippen LogP contribution in [0.1, 0.15) is 24.1 Å². The van der Waals surface area contributed by atoms with Crippen LogP contribution in [-0.4, -0.2) is 43.1 Å². The zero-order valence-electron chi connectivity index (χ0n) is 11.4. The van der Waals surface area contributed by atoms with E-state index in [0.717, 1.165) is 24.4 Å². The number of aryl methyl sites for hydroxylation is 1. The zero-order chi connectivity index (χ0) is 13.3. The monoisotopic (exact) mass is 248 g/mol. The van der Waals surface area contributed by atoms with Crippen molar-refractivity contribution in [3.8, 4) is 5.75 Å². The maximum atomic E-state index is 12.0. The standard InChI is InChI=1S/C14H20N2O2/c1-5-16-9-12(15(3)14(16)17)11-6-7-13(18-4)10(2)8-11/h6-8,12H,5,9H2,1-4H3. The van der Waals surface area contributed by atoms with Crippen molar-refractivity contribution >= 4 is 6.03 Å². The van der Waals surface area contributed by atoms with E-state index >= 15 is 0 Å². The molecule has 0 spiro atoms. The summed E-state index contributed by atoms with van der Waals surface area (Å²) >= 11 is 0. The van der Waals surface area contributed by atoms with E-state index in [-0.39, 0.29) is 12.1 Å². The SMILES string of the molecule is CCN1CC(c2ccc(OC)c(C)c2)N(C)C1=O. The van der Waals surface area contributed by atoms with E-state index < -0.39 is 0 Å². The zero-order valence-corrected chi connectivity index (χ0v) is 11.4. The van der Waals surface area contributed by atoms with Crippen LogP contribution in [0.3, 0.4) is 0 Å². The topological polar surface area (TPSA) is 32.8 Å². The van der Waals surface area contributed by atoms with Crippen molar-refractivity contribution < 1.29 is 9.53 Å². The van der Waals surface area contributed by atoms with Crippen LogP contribution in [0.4, 0.5) is 4.79 Å². The smallest absolute Gasteiger partial charge is 0.320 e. The van der Waals surface area contributed by atoms with Crippen LogP contribution in [0.25, 0.3) is 0 Å². The highest BCUT2D eigenvalue weighted by Crippen LogP contribution is 2.30. The molecule has 1 heterocycles. The van der Waals surface area contributed by atoms with E-state index in [1.165, 1.54) is 5.56 Å². The van der Waals surface area contributed by atoms with Crippen LogP contribution in [0.15, 0.2) is 18.2 Å². The molecule has 1 aromatic rings. The molecule has 4 nitrogen and oxygen atoms in total. The van der Waals surface area contributed by atoms with Crippen molar-refractivity contribution in [1.82, 2.24) is 9.80 Å². The third kappa shape index (κ3) is 2.03. The van der Waals surface area contributed by atoms with Crippen molar-refractivity contribution in [3.63, 3.8) is 0 Å². The molecule has 0 saturated carbocycles. The Morgan fingerprint density at radius 1 is 1.44 bits per heavy atom. The van der Waals surface area contributed by atoms with Gasteiger partial charge < -0.3 is 14.5 Å². The molecule has 98 valence electrons. The lowest BCUT2D eigenvalue weighted by molar-refractivity contribution is 0.197. The molecule has 0 aromatic heterocycles. The molecular weight excluding hydrogens is 228 g/mol. The number of rotatable bonds is 3. The molecule has 0 N–H and O–H groups in total. The highest BCUT2D eigenvalue weighted by molar-refractivity contribution is 5.77. The average Bonchev–Trinajstić information content (AvgIpc) is 2.66. The van der Waals surface area contributed by atoms with Crippen molar-refractivity contribution in [1.29, 1.82) is 0 Å². The normalized spacial score (nSPS) is 19.6. The summed E-state index contributed by atoms with van der Waals surface area (Å²) in [5.41, 5.74) is 2.27. The number of hydrogen-bond acceptors (Lipinski definition) is 2. The Balaban J connectivity index is 2.27. The number of benzene rings is 1. The van der Waals surface area contributed by atoms with Gasteiger partial charge in [0, 0.05) is 20.1 Å². The lowest BCUT2D eigenvalue weighted by atomic mass is 10.0. The van der Waals surface area contributed by atoms with E-state index in [4.69, 9.17) is 4.74 Å². The number of carbonyl (C=O) groups is 1. The molecule has 1 aromatic carbocycles. The van der Waals surface area contributed by atoms with Crippen LogP contribution in [0.5, 0.6) is 5.75 Å². The van der Waals surface area contributed by atoms with Gasteiger partial charge in [-0.2, -0.15) is 0 Å². The second kappa shape index (κ2) is 4.88. The minimum Gasteiger partial charge on any atom is -0.496 e. The Labute approximate surface area is 108 Å². The summed E-state index contributed by atoms with van der Waals surface area (Å²) < 4.78 is 5.26. The Bertz CT molecular complexity index is 459.